The van der Waals surface area contributed by atoms with Crippen molar-refractivity contribution in [2.75, 3.05) is 26.7 Å². The fourth-order valence-corrected chi connectivity index (χ4v) is 7.20. The lowest BCUT2D eigenvalue weighted by Crippen LogP contribution is -2.62. The van der Waals surface area contributed by atoms with Gasteiger partial charge in [-0.1, -0.05) is 41.4 Å². The Balaban J connectivity index is 1.47. The normalized spacial score (nSPS) is 26.1. The molecule has 0 aromatic heterocycles. The van der Waals surface area contributed by atoms with Gasteiger partial charge in [-0.25, -0.2) is 0 Å². The highest BCUT2D eigenvalue weighted by Crippen LogP contribution is 2.52. The smallest absolute Gasteiger partial charge is 0.308 e. The third-order valence-electron chi connectivity index (χ3n) is 9.07. The molecule has 41 heavy (non-hydrogen) atoms. The second-order valence-corrected chi connectivity index (χ2v) is 12.8. The second-order valence-electron chi connectivity index (χ2n) is 12.0. The minimum absolute atomic E-state index is 0.0385. The van der Waals surface area contributed by atoms with Crippen molar-refractivity contribution in [1.29, 1.82) is 0 Å². The Hall–Kier alpha value is -2.61. The van der Waals surface area contributed by atoms with Crippen molar-refractivity contribution in [2.24, 2.45) is 11.8 Å². The molecule has 4 atom stereocenters. The molecule has 2 aromatic carbocycles. The van der Waals surface area contributed by atoms with E-state index in [1.165, 1.54) is 26.7 Å². The van der Waals surface area contributed by atoms with E-state index in [-0.39, 0.29) is 47.7 Å². The Morgan fingerprint density at radius 2 is 1.83 bits per heavy atom. The molecule has 220 valence electrons. The molecular formula is C32H38Cl2N2O5. The summed E-state index contributed by atoms with van der Waals surface area (Å²) in [6, 6.07) is 12.8. The number of likely N-dealkylation sites (tertiary alicyclic amines) is 1. The van der Waals surface area contributed by atoms with Crippen LogP contribution in [0.5, 0.6) is 5.75 Å². The van der Waals surface area contributed by atoms with Gasteiger partial charge in [-0.2, -0.15) is 0 Å². The Labute approximate surface area is 252 Å². The number of esters is 2. The minimum atomic E-state index is -0.373. The van der Waals surface area contributed by atoms with Crippen molar-refractivity contribution in [2.45, 2.75) is 69.9 Å². The Morgan fingerprint density at radius 1 is 1.05 bits per heavy atom. The number of carbonyl (C=O) groups excluding carboxylic acids is 3. The third-order valence-corrected chi connectivity index (χ3v) is 9.81. The Bertz CT molecular complexity index is 1310. The largest absolute Gasteiger partial charge is 0.462 e. The fraction of sp³-hybridized carbons (Fsp3) is 0.531. The lowest BCUT2D eigenvalue weighted by atomic mass is 9.56. The predicted octanol–water partition coefficient (Wildman–Crippen LogP) is 5.68. The highest BCUT2D eigenvalue weighted by molar-refractivity contribution is 6.42. The molecule has 0 radical (unpaired) electrons. The lowest BCUT2D eigenvalue weighted by Gasteiger charge is -2.56. The molecule has 4 unspecified atom stereocenters. The zero-order valence-electron chi connectivity index (χ0n) is 23.9. The van der Waals surface area contributed by atoms with Gasteiger partial charge >= 0.3 is 11.9 Å². The molecule has 1 aliphatic heterocycles. The van der Waals surface area contributed by atoms with Crippen molar-refractivity contribution < 1.29 is 23.9 Å². The van der Waals surface area contributed by atoms with Crippen LogP contribution >= 0.6 is 23.2 Å². The summed E-state index contributed by atoms with van der Waals surface area (Å²) >= 11 is 12.3. The molecule has 2 saturated carbocycles. The van der Waals surface area contributed by atoms with E-state index < -0.39 is 0 Å². The summed E-state index contributed by atoms with van der Waals surface area (Å²) in [5, 5.41) is 0.865. The summed E-state index contributed by atoms with van der Waals surface area (Å²) < 4.78 is 11.5. The molecule has 3 fully saturated rings. The number of hydrogen-bond donors (Lipinski definition) is 0. The van der Waals surface area contributed by atoms with Crippen LogP contribution < -0.4 is 4.74 Å². The van der Waals surface area contributed by atoms with E-state index in [1.807, 2.05) is 30.1 Å². The van der Waals surface area contributed by atoms with Crippen LogP contribution in [0.1, 0.15) is 57.1 Å². The zero-order valence-corrected chi connectivity index (χ0v) is 25.4. The topological polar surface area (TPSA) is 76.2 Å². The number of hydrogen-bond acceptors (Lipinski definition) is 6. The molecule has 1 heterocycles. The Kier molecular flexibility index (Phi) is 8.98. The molecule has 3 aliphatic rings. The van der Waals surface area contributed by atoms with Gasteiger partial charge in [0.15, 0.2) is 0 Å². The summed E-state index contributed by atoms with van der Waals surface area (Å²) in [6.07, 6.45) is 4.53. The van der Waals surface area contributed by atoms with Crippen molar-refractivity contribution >= 4 is 41.0 Å². The van der Waals surface area contributed by atoms with Gasteiger partial charge in [-0.3, -0.25) is 14.4 Å². The van der Waals surface area contributed by atoms with E-state index >= 15 is 0 Å². The number of halogens is 2. The molecule has 0 bridgehead atoms. The van der Waals surface area contributed by atoms with Gasteiger partial charge in [0, 0.05) is 57.8 Å². The molecule has 1 amide bonds. The minimum Gasteiger partial charge on any atom is -0.462 e. The van der Waals surface area contributed by atoms with E-state index in [4.69, 9.17) is 32.7 Å². The highest BCUT2D eigenvalue weighted by atomic mass is 35.5. The summed E-state index contributed by atoms with van der Waals surface area (Å²) in [6.45, 7) is 5.66. The van der Waals surface area contributed by atoms with E-state index in [2.05, 4.69) is 11.0 Å². The van der Waals surface area contributed by atoms with Crippen LogP contribution in [-0.2, 0) is 31.0 Å². The average Bonchev–Trinajstić information content (AvgIpc) is 3.74. The summed E-state index contributed by atoms with van der Waals surface area (Å²) in [5.74, 6) is 0.566. The van der Waals surface area contributed by atoms with Crippen molar-refractivity contribution in [3.05, 3.63) is 63.6 Å². The van der Waals surface area contributed by atoms with Crippen LogP contribution in [0.3, 0.4) is 0 Å². The average molecular weight is 602 g/mol. The Morgan fingerprint density at radius 3 is 2.51 bits per heavy atom. The molecule has 9 heteroatoms. The van der Waals surface area contributed by atoms with Gasteiger partial charge < -0.3 is 19.3 Å². The van der Waals surface area contributed by atoms with Crippen LogP contribution in [0, 0.1) is 11.8 Å². The maximum absolute atomic E-state index is 13.6. The standard InChI is InChI=1S/C32H38Cl2N2O5/c1-20(37)40-26-6-4-5-24(15-26)32-11-12-36(18-22-7-8-22)19-27(32)30(41-21(2)38)16-25(17-32)35(3)31(39)14-23-9-10-28(33)29(34)13-23/h4-6,9-10,13,15,22,25,27,30H,7-8,11-12,14,16-19H2,1-3H3. The SMILES string of the molecule is CC(=O)Oc1cccc(C23CCN(CC4CC4)CC2C(OC(C)=O)CC(N(C)C(=O)Cc2ccc(Cl)c(Cl)c2)C3)c1. The van der Waals surface area contributed by atoms with E-state index in [9.17, 15) is 14.4 Å². The fourth-order valence-electron chi connectivity index (χ4n) is 6.88. The van der Waals surface area contributed by atoms with Gasteiger partial charge in [0.25, 0.3) is 0 Å². The van der Waals surface area contributed by atoms with Gasteiger partial charge in [-0.15, -0.1) is 0 Å². The summed E-state index contributed by atoms with van der Waals surface area (Å²) in [7, 11) is 1.83. The van der Waals surface area contributed by atoms with Gasteiger partial charge in [0.2, 0.25) is 5.91 Å². The van der Waals surface area contributed by atoms with Crippen molar-refractivity contribution in [3.8, 4) is 5.75 Å². The van der Waals surface area contributed by atoms with E-state index in [1.54, 1.807) is 18.2 Å². The predicted molar refractivity (Wildman–Crippen MR) is 158 cm³/mol. The van der Waals surface area contributed by atoms with E-state index in [0.29, 0.717) is 22.2 Å². The van der Waals surface area contributed by atoms with Gasteiger partial charge in [0.05, 0.1) is 16.5 Å². The quantitative estimate of drug-likeness (QED) is 0.286. The number of likely N-dealkylation sites (N-methyl/N-ethyl adjacent to an activating group) is 1. The second kappa shape index (κ2) is 12.3. The first-order valence-corrected chi connectivity index (χ1v) is 15.2. The maximum Gasteiger partial charge on any atom is 0.308 e. The lowest BCUT2D eigenvalue weighted by molar-refractivity contribution is -0.160. The van der Waals surface area contributed by atoms with Crippen LogP contribution in [0.15, 0.2) is 42.5 Å². The molecule has 0 spiro atoms. The zero-order chi connectivity index (χ0) is 29.3. The van der Waals surface area contributed by atoms with Crippen LogP contribution in [-0.4, -0.2) is 66.5 Å². The van der Waals surface area contributed by atoms with Gasteiger partial charge in [0.1, 0.15) is 11.9 Å². The first-order valence-electron chi connectivity index (χ1n) is 14.4. The van der Waals surface area contributed by atoms with Gasteiger partial charge in [-0.05, 0) is 73.5 Å². The van der Waals surface area contributed by atoms with E-state index in [0.717, 1.165) is 49.5 Å². The highest BCUT2D eigenvalue weighted by Gasteiger charge is 2.54. The van der Waals surface area contributed by atoms with Crippen LogP contribution in [0.25, 0.3) is 0 Å². The molecule has 1 saturated heterocycles. The van der Waals surface area contributed by atoms with Crippen molar-refractivity contribution in [1.82, 2.24) is 9.80 Å². The molecule has 2 aliphatic carbocycles. The monoisotopic (exact) mass is 600 g/mol. The number of piperidine rings is 1. The molecule has 5 rings (SSSR count). The van der Waals surface area contributed by atoms with Crippen LogP contribution in [0.4, 0.5) is 0 Å². The number of fused-ring (bicyclic) bond motifs is 1. The summed E-state index contributed by atoms with van der Waals surface area (Å²) in [5.41, 5.74) is 1.48. The first kappa shape index (κ1) is 29.9. The number of benzene rings is 2. The number of nitrogens with zero attached hydrogens (tertiary/aromatic N) is 2. The van der Waals surface area contributed by atoms with Crippen LogP contribution in [0.2, 0.25) is 10.0 Å². The summed E-state index contributed by atoms with van der Waals surface area (Å²) in [4.78, 5) is 42.1. The van der Waals surface area contributed by atoms with Crippen molar-refractivity contribution in [3.63, 3.8) is 0 Å². The number of ether oxygens (including phenoxy) is 2. The number of rotatable bonds is 8. The third kappa shape index (κ3) is 6.90. The molecule has 7 nitrogen and oxygen atoms in total. The number of carbonyl (C=O) groups is 3. The maximum atomic E-state index is 13.6. The first-order chi connectivity index (χ1) is 19.5. The number of amides is 1. The molecular weight excluding hydrogens is 563 g/mol. The molecule has 2 aromatic rings. The molecule has 0 N–H and O–H groups in total.